The van der Waals surface area contributed by atoms with E-state index in [0.717, 1.165) is 58.7 Å². The van der Waals surface area contributed by atoms with Gasteiger partial charge in [-0.1, -0.05) is 6.08 Å². The Bertz CT molecular complexity index is 1140. The lowest BCUT2D eigenvalue weighted by atomic mass is 9.96. The van der Waals surface area contributed by atoms with Gasteiger partial charge in [-0.15, -0.1) is 0 Å². The first-order valence-corrected chi connectivity index (χ1v) is 8.64. The van der Waals surface area contributed by atoms with Crippen molar-refractivity contribution < 1.29 is 0 Å². The van der Waals surface area contributed by atoms with Gasteiger partial charge in [0.15, 0.2) is 5.65 Å². The van der Waals surface area contributed by atoms with Gasteiger partial charge < -0.3 is 0 Å². The van der Waals surface area contributed by atoms with E-state index in [1.807, 2.05) is 37.8 Å². The van der Waals surface area contributed by atoms with Gasteiger partial charge in [0.25, 0.3) is 0 Å². The minimum atomic E-state index is 0.833. The highest BCUT2D eigenvalue weighted by atomic mass is 15.2. The van der Waals surface area contributed by atoms with Gasteiger partial charge in [0.1, 0.15) is 6.33 Å². The van der Waals surface area contributed by atoms with Crippen LogP contribution in [-0.4, -0.2) is 34.3 Å². The van der Waals surface area contributed by atoms with Crippen molar-refractivity contribution in [3.8, 4) is 11.3 Å². The van der Waals surface area contributed by atoms with Gasteiger partial charge in [-0.2, -0.15) is 10.2 Å². The summed E-state index contributed by atoms with van der Waals surface area (Å²) >= 11 is 0. The molecule has 7 nitrogen and oxygen atoms in total. The predicted octanol–water partition coefficient (Wildman–Crippen LogP) is 2.69. The van der Waals surface area contributed by atoms with E-state index < -0.39 is 0 Å². The van der Waals surface area contributed by atoms with E-state index >= 15 is 0 Å². The zero-order chi connectivity index (χ0) is 17.5. The van der Waals surface area contributed by atoms with Crippen LogP contribution >= 0.6 is 0 Å². The predicted molar refractivity (Wildman–Crippen MR) is 97.2 cm³/mol. The van der Waals surface area contributed by atoms with Crippen molar-refractivity contribution in [2.45, 2.75) is 19.3 Å². The van der Waals surface area contributed by atoms with Crippen molar-refractivity contribution in [1.29, 1.82) is 0 Å². The molecule has 4 aromatic heterocycles. The van der Waals surface area contributed by atoms with Crippen LogP contribution in [0, 0.1) is 0 Å². The van der Waals surface area contributed by atoms with Crippen LogP contribution in [0.4, 0.5) is 0 Å². The van der Waals surface area contributed by atoms with E-state index in [1.54, 1.807) is 21.7 Å². The molecule has 4 aromatic rings. The van der Waals surface area contributed by atoms with E-state index in [-0.39, 0.29) is 0 Å². The molecule has 1 aliphatic carbocycles. The van der Waals surface area contributed by atoms with E-state index in [9.17, 15) is 0 Å². The molecule has 0 saturated carbocycles. The number of allylic oxidation sites excluding steroid dienone is 1. The van der Waals surface area contributed by atoms with Gasteiger partial charge in [0, 0.05) is 42.3 Å². The average Bonchev–Trinajstić information content (AvgIpc) is 3.24. The Labute approximate surface area is 150 Å². The summed E-state index contributed by atoms with van der Waals surface area (Å²) in [6, 6.07) is 4.00. The van der Waals surface area contributed by atoms with Crippen LogP contribution in [-0.2, 0) is 13.5 Å². The van der Waals surface area contributed by atoms with Crippen LogP contribution in [0.2, 0.25) is 0 Å². The average molecular weight is 343 g/mol. The molecule has 0 spiro atoms. The summed E-state index contributed by atoms with van der Waals surface area (Å²) in [7, 11) is 1.91. The molecular weight excluding hydrogens is 326 g/mol. The number of aryl methyl sites for hydroxylation is 2. The summed E-state index contributed by atoms with van der Waals surface area (Å²) < 4.78 is 3.59. The fraction of sp³-hybridized carbons (Fsp3) is 0.211. The molecule has 0 bridgehead atoms. The Morgan fingerprint density at radius 3 is 2.96 bits per heavy atom. The molecule has 0 aromatic carbocycles. The van der Waals surface area contributed by atoms with Crippen molar-refractivity contribution in [2.24, 2.45) is 7.05 Å². The van der Waals surface area contributed by atoms with Gasteiger partial charge in [-0.3, -0.25) is 4.68 Å². The second-order valence-corrected chi connectivity index (χ2v) is 6.41. The maximum absolute atomic E-state index is 4.75. The first kappa shape index (κ1) is 14.9. The lowest BCUT2D eigenvalue weighted by molar-refractivity contribution is 0.768. The first-order valence-electron chi connectivity index (χ1n) is 8.64. The van der Waals surface area contributed by atoms with Gasteiger partial charge in [-0.25, -0.2) is 19.5 Å². The molecule has 26 heavy (non-hydrogen) atoms. The first-order chi connectivity index (χ1) is 12.8. The lowest BCUT2D eigenvalue weighted by Crippen LogP contribution is -2.04. The number of hydrogen-bond acceptors (Lipinski definition) is 5. The molecule has 7 heteroatoms. The van der Waals surface area contributed by atoms with E-state index in [4.69, 9.17) is 5.10 Å². The molecule has 0 amide bonds. The molecule has 5 rings (SSSR count). The van der Waals surface area contributed by atoms with Crippen LogP contribution in [0.5, 0.6) is 0 Å². The fourth-order valence-corrected chi connectivity index (χ4v) is 3.47. The normalized spacial score (nSPS) is 14.1. The molecule has 1 aliphatic rings. The van der Waals surface area contributed by atoms with Crippen molar-refractivity contribution in [3.05, 3.63) is 66.3 Å². The molecule has 128 valence electrons. The molecule has 0 radical (unpaired) electrons. The summed E-state index contributed by atoms with van der Waals surface area (Å²) in [5.41, 5.74) is 6.83. The quantitative estimate of drug-likeness (QED) is 0.559. The summed E-state index contributed by atoms with van der Waals surface area (Å²) in [5, 5.41) is 9.05. The number of fused-ring (bicyclic) bond motifs is 2. The minimum absolute atomic E-state index is 0.833. The number of imidazole rings is 1. The zero-order valence-electron chi connectivity index (χ0n) is 14.4. The maximum Gasteiger partial charge on any atom is 0.153 e. The molecule has 0 saturated heterocycles. The fourth-order valence-electron chi connectivity index (χ4n) is 3.47. The van der Waals surface area contributed by atoms with Crippen molar-refractivity contribution in [2.75, 3.05) is 0 Å². The number of hydrogen-bond donors (Lipinski definition) is 0. The monoisotopic (exact) mass is 343 g/mol. The smallest absolute Gasteiger partial charge is 0.153 e. The topological polar surface area (TPSA) is 73.8 Å². The summed E-state index contributed by atoms with van der Waals surface area (Å²) in [4.78, 5) is 13.4. The summed E-state index contributed by atoms with van der Waals surface area (Å²) in [6.07, 6.45) is 14.3. The highest BCUT2D eigenvalue weighted by Gasteiger charge is 2.22. The Balaban J connectivity index is 1.74. The van der Waals surface area contributed by atoms with Crippen LogP contribution < -0.4 is 0 Å². The lowest BCUT2D eigenvalue weighted by Gasteiger charge is -2.13. The van der Waals surface area contributed by atoms with Crippen molar-refractivity contribution in [3.63, 3.8) is 0 Å². The van der Waals surface area contributed by atoms with E-state index in [2.05, 4.69) is 26.1 Å². The summed E-state index contributed by atoms with van der Waals surface area (Å²) in [5.74, 6) is 0. The van der Waals surface area contributed by atoms with Gasteiger partial charge in [-0.05, 0) is 31.4 Å². The number of nitrogens with zero attached hydrogens (tertiary/aromatic N) is 7. The molecule has 0 fully saturated rings. The van der Waals surface area contributed by atoms with Crippen LogP contribution in [0.25, 0.3) is 22.5 Å². The van der Waals surface area contributed by atoms with Crippen molar-refractivity contribution >= 4 is 11.2 Å². The van der Waals surface area contributed by atoms with Crippen LogP contribution in [0.15, 0.2) is 49.3 Å². The Kier molecular flexibility index (Phi) is 3.38. The third-order valence-electron chi connectivity index (χ3n) is 4.67. The molecule has 0 N–H and O–H groups in total. The zero-order valence-corrected chi connectivity index (χ0v) is 14.4. The molecule has 0 atom stereocenters. The van der Waals surface area contributed by atoms with Crippen LogP contribution in [0.1, 0.15) is 29.8 Å². The largest absolute Gasteiger partial charge is 0.275 e. The number of aromatic nitrogens is 7. The molecular formula is C19H17N7. The van der Waals surface area contributed by atoms with Crippen LogP contribution in [0.3, 0.4) is 0 Å². The Morgan fingerprint density at radius 1 is 1.12 bits per heavy atom. The third kappa shape index (κ3) is 2.40. The van der Waals surface area contributed by atoms with Gasteiger partial charge >= 0.3 is 0 Å². The SMILES string of the molecule is Cn1cc(-c2ncnc3c2C(c2ccc4nccn4n2)=CCCC3)cn1. The highest BCUT2D eigenvalue weighted by molar-refractivity contribution is 5.87. The summed E-state index contributed by atoms with van der Waals surface area (Å²) in [6.45, 7) is 0. The second-order valence-electron chi connectivity index (χ2n) is 6.41. The molecule has 4 heterocycles. The molecule has 0 aliphatic heterocycles. The van der Waals surface area contributed by atoms with E-state index in [1.165, 1.54) is 0 Å². The van der Waals surface area contributed by atoms with Crippen molar-refractivity contribution in [1.82, 2.24) is 34.3 Å². The Hall–Kier alpha value is -3.35. The second kappa shape index (κ2) is 5.87. The third-order valence-corrected chi connectivity index (χ3v) is 4.67. The highest BCUT2D eigenvalue weighted by Crippen LogP contribution is 2.35. The maximum atomic E-state index is 4.75. The number of rotatable bonds is 2. The minimum Gasteiger partial charge on any atom is -0.275 e. The Morgan fingerprint density at radius 2 is 2.08 bits per heavy atom. The van der Waals surface area contributed by atoms with E-state index in [0.29, 0.717) is 0 Å². The van der Waals surface area contributed by atoms with Gasteiger partial charge in [0.05, 0.1) is 23.3 Å². The van der Waals surface area contributed by atoms with Gasteiger partial charge in [0.2, 0.25) is 0 Å². The standard InChI is InChI=1S/C19H17N7/c1-25-11-13(10-23-25)19-18-14(4-2-3-5-16(18)21-12-22-19)15-6-7-17-20-8-9-26(17)24-15/h4,6-12H,2-3,5H2,1H3. The molecule has 0 unspecified atom stereocenters.